The molecule has 0 saturated carbocycles. The van der Waals surface area contributed by atoms with Crippen molar-refractivity contribution in [2.45, 2.75) is 13.5 Å². The number of aryl methyl sites for hydroxylation is 1. The van der Waals surface area contributed by atoms with Gasteiger partial charge in [0.25, 0.3) is 0 Å². The summed E-state index contributed by atoms with van der Waals surface area (Å²) in [7, 11) is 0. The molecule has 3 aromatic carbocycles. The summed E-state index contributed by atoms with van der Waals surface area (Å²) in [6, 6.07) is 22.4. The van der Waals surface area contributed by atoms with Crippen molar-refractivity contribution < 1.29 is 14.3 Å². The minimum Gasteiger partial charge on any atom is -0.489 e. The van der Waals surface area contributed by atoms with Crippen molar-refractivity contribution in [2.24, 2.45) is 0 Å². The monoisotopic (exact) mass is 396 g/mol. The first-order chi connectivity index (χ1) is 12.1. The van der Waals surface area contributed by atoms with E-state index >= 15 is 0 Å². The Bertz CT molecular complexity index is 858. The van der Waals surface area contributed by atoms with Crippen LogP contribution in [0.1, 0.15) is 21.5 Å². The van der Waals surface area contributed by atoms with E-state index < -0.39 is 5.97 Å². The summed E-state index contributed by atoms with van der Waals surface area (Å²) in [5.74, 6) is 0.814. The predicted octanol–water partition coefficient (Wildman–Crippen LogP) is 5.56. The van der Waals surface area contributed by atoms with Gasteiger partial charge in [0.05, 0.1) is 5.56 Å². The third-order valence-corrected chi connectivity index (χ3v) is 4.54. The van der Waals surface area contributed by atoms with Crippen LogP contribution in [0.4, 0.5) is 0 Å². The van der Waals surface area contributed by atoms with Crippen LogP contribution in [0.2, 0.25) is 0 Å². The van der Waals surface area contributed by atoms with E-state index in [1.54, 1.807) is 36.4 Å². The Kier molecular flexibility index (Phi) is 5.51. The Hall–Kier alpha value is -2.59. The van der Waals surface area contributed by atoms with E-state index in [1.807, 2.05) is 43.3 Å². The van der Waals surface area contributed by atoms with Crippen LogP contribution in [-0.4, -0.2) is 5.97 Å². The van der Waals surface area contributed by atoms with Crippen molar-refractivity contribution in [1.29, 1.82) is 0 Å². The maximum atomic E-state index is 12.2. The first-order valence-corrected chi connectivity index (χ1v) is 8.66. The van der Waals surface area contributed by atoms with E-state index in [-0.39, 0.29) is 0 Å². The third-order valence-electron chi connectivity index (χ3n) is 3.69. The molecule has 0 heterocycles. The van der Waals surface area contributed by atoms with Gasteiger partial charge in [-0.2, -0.15) is 0 Å². The lowest BCUT2D eigenvalue weighted by atomic mass is 10.1. The van der Waals surface area contributed by atoms with Gasteiger partial charge in [0, 0.05) is 4.47 Å². The lowest BCUT2D eigenvalue weighted by Crippen LogP contribution is -2.08. The van der Waals surface area contributed by atoms with Crippen LogP contribution in [0.5, 0.6) is 11.5 Å². The zero-order chi connectivity index (χ0) is 17.6. The highest BCUT2D eigenvalue weighted by Gasteiger charge is 2.10. The molecule has 3 rings (SSSR count). The molecule has 0 saturated heterocycles. The summed E-state index contributed by atoms with van der Waals surface area (Å²) in [6.45, 7) is 2.46. The van der Waals surface area contributed by atoms with Gasteiger partial charge in [-0.15, -0.1) is 0 Å². The minimum absolute atomic E-state index is 0.390. The lowest BCUT2D eigenvalue weighted by molar-refractivity contribution is 0.0734. The van der Waals surface area contributed by atoms with Crippen LogP contribution in [0.15, 0.2) is 77.3 Å². The second-order valence-electron chi connectivity index (χ2n) is 5.60. The molecule has 0 radical (unpaired) electrons. The van der Waals surface area contributed by atoms with E-state index in [2.05, 4.69) is 15.9 Å². The lowest BCUT2D eigenvalue weighted by Gasteiger charge is -2.08. The Morgan fingerprint density at radius 2 is 1.60 bits per heavy atom. The number of benzene rings is 3. The van der Waals surface area contributed by atoms with Crippen molar-refractivity contribution >= 4 is 21.9 Å². The van der Waals surface area contributed by atoms with E-state index in [1.165, 1.54) is 0 Å². The first-order valence-electron chi connectivity index (χ1n) is 7.87. The maximum Gasteiger partial charge on any atom is 0.343 e. The molecule has 3 aromatic rings. The summed E-state index contributed by atoms with van der Waals surface area (Å²) < 4.78 is 12.0. The summed E-state index contributed by atoms with van der Waals surface area (Å²) in [4.78, 5) is 12.2. The van der Waals surface area contributed by atoms with Gasteiger partial charge in [-0.05, 0) is 54.4 Å². The molecule has 0 aromatic heterocycles. The quantitative estimate of drug-likeness (QED) is 0.418. The van der Waals surface area contributed by atoms with E-state index in [9.17, 15) is 4.79 Å². The van der Waals surface area contributed by atoms with Gasteiger partial charge < -0.3 is 9.47 Å². The second-order valence-corrected chi connectivity index (χ2v) is 6.45. The van der Waals surface area contributed by atoms with Crippen LogP contribution >= 0.6 is 15.9 Å². The van der Waals surface area contributed by atoms with E-state index in [0.29, 0.717) is 17.9 Å². The molecule has 0 N–H and O–H groups in total. The largest absolute Gasteiger partial charge is 0.489 e. The second kappa shape index (κ2) is 7.99. The van der Waals surface area contributed by atoms with Crippen LogP contribution in [0.3, 0.4) is 0 Å². The van der Waals surface area contributed by atoms with Crippen molar-refractivity contribution in [3.8, 4) is 11.5 Å². The highest BCUT2D eigenvalue weighted by Crippen LogP contribution is 2.22. The zero-order valence-electron chi connectivity index (χ0n) is 13.7. The number of hydrogen-bond donors (Lipinski definition) is 0. The molecule has 4 heteroatoms. The van der Waals surface area contributed by atoms with Crippen LogP contribution in [-0.2, 0) is 6.61 Å². The Labute approximate surface area is 155 Å². The van der Waals surface area contributed by atoms with Crippen molar-refractivity contribution in [3.05, 3.63) is 94.0 Å². The van der Waals surface area contributed by atoms with Crippen LogP contribution < -0.4 is 9.47 Å². The number of hydrogen-bond acceptors (Lipinski definition) is 3. The SMILES string of the molecule is Cc1ccc(C(=O)Oc2ccc(OCc3ccccc3)cc2)cc1Br. The van der Waals surface area contributed by atoms with Gasteiger partial charge in [0.1, 0.15) is 18.1 Å². The third kappa shape index (κ3) is 4.70. The molecule has 0 bridgehead atoms. The summed E-state index contributed by atoms with van der Waals surface area (Å²) in [5.41, 5.74) is 2.67. The molecule has 0 aliphatic heterocycles. The van der Waals surface area contributed by atoms with Crippen molar-refractivity contribution in [1.82, 2.24) is 0 Å². The fraction of sp³-hybridized carbons (Fsp3) is 0.0952. The molecule has 0 unspecified atom stereocenters. The van der Waals surface area contributed by atoms with Gasteiger partial charge in [-0.1, -0.05) is 52.3 Å². The fourth-order valence-electron chi connectivity index (χ4n) is 2.23. The van der Waals surface area contributed by atoms with E-state index in [4.69, 9.17) is 9.47 Å². The highest BCUT2D eigenvalue weighted by atomic mass is 79.9. The summed E-state index contributed by atoms with van der Waals surface area (Å²) in [5, 5.41) is 0. The summed E-state index contributed by atoms with van der Waals surface area (Å²) >= 11 is 3.42. The minimum atomic E-state index is -0.390. The van der Waals surface area contributed by atoms with Crippen molar-refractivity contribution in [2.75, 3.05) is 0 Å². The molecular formula is C21H17BrO3. The van der Waals surface area contributed by atoms with Gasteiger partial charge in [-0.25, -0.2) is 4.79 Å². The van der Waals surface area contributed by atoms with Gasteiger partial charge in [-0.3, -0.25) is 0 Å². The van der Waals surface area contributed by atoms with Crippen LogP contribution in [0, 0.1) is 6.92 Å². The number of carbonyl (C=O) groups excluding carboxylic acids is 1. The molecule has 0 aliphatic rings. The van der Waals surface area contributed by atoms with Gasteiger partial charge >= 0.3 is 5.97 Å². The Morgan fingerprint density at radius 3 is 2.28 bits per heavy atom. The summed E-state index contributed by atoms with van der Waals surface area (Å²) in [6.07, 6.45) is 0. The standard InChI is InChI=1S/C21H17BrO3/c1-15-7-8-17(13-20(15)22)21(23)25-19-11-9-18(10-12-19)24-14-16-5-3-2-4-6-16/h2-13H,14H2,1H3. The average molecular weight is 397 g/mol. The van der Waals surface area contributed by atoms with Crippen molar-refractivity contribution in [3.63, 3.8) is 0 Å². The fourth-order valence-corrected chi connectivity index (χ4v) is 2.61. The zero-order valence-corrected chi connectivity index (χ0v) is 15.3. The highest BCUT2D eigenvalue weighted by molar-refractivity contribution is 9.10. The molecule has 0 spiro atoms. The van der Waals surface area contributed by atoms with Crippen LogP contribution in [0.25, 0.3) is 0 Å². The number of esters is 1. The number of ether oxygens (including phenoxy) is 2. The number of rotatable bonds is 5. The predicted molar refractivity (Wildman–Crippen MR) is 101 cm³/mol. The molecule has 3 nitrogen and oxygen atoms in total. The molecule has 0 aliphatic carbocycles. The molecule has 25 heavy (non-hydrogen) atoms. The average Bonchev–Trinajstić information content (AvgIpc) is 2.64. The number of carbonyl (C=O) groups is 1. The molecular weight excluding hydrogens is 380 g/mol. The molecule has 0 fully saturated rings. The Balaban J connectivity index is 1.60. The molecule has 0 amide bonds. The number of halogens is 1. The molecule has 0 atom stereocenters. The molecule has 126 valence electrons. The maximum absolute atomic E-state index is 12.2. The van der Waals surface area contributed by atoms with Gasteiger partial charge in [0.15, 0.2) is 0 Å². The smallest absolute Gasteiger partial charge is 0.343 e. The topological polar surface area (TPSA) is 35.5 Å². The normalized spacial score (nSPS) is 10.3. The first kappa shape index (κ1) is 17.2. The Morgan fingerprint density at radius 1 is 0.920 bits per heavy atom. The van der Waals surface area contributed by atoms with Gasteiger partial charge in [0.2, 0.25) is 0 Å². The van der Waals surface area contributed by atoms with E-state index in [0.717, 1.165) is 21.3 Å².